The second-order valence-electron chi connectivity index (χ2n) is 5.09. The molecule has 1 aliphatic rings. The molecule has 1 fully saturated rings. The maximum Gasteiger partial charge on any atom is 0.276 e. The molecule has 6 heteroatoms. The number of hydrogen-bond acceptors (Lipinski definition) is 4. The summed E-state index contributed by atoms with van der Waals surface area (Å²) < 4.78 is 7.00. The topological polar surface area (TPSA) is 63.1 Å². The maximum absolute atomic E-state index is 12.2. The van der Waals surface area contributed by atoms with Crippen molar-refractivity contribution in [3.8, 4) is 0 Å². The van der Waals surface area contributed by atoms with E-state index in [0.29, 0.717) is 11.0 Å². The first-order valence-corrected chi connectivity index (χ1v) is 7.22. The Bertz CT molecular complexity index is 640. The fourth-order valence-corrected chi connectivity index (χ4v) is 2.47. The number of ether oxygens (including phenoxy) is 1. The Kier molecular flexibility index (Phi) is 3.73. The van der Waals surface area contributed by atoms with Crippen molar-refractivity contribution in [2.24, 2.45) is 0 Å². The van der Waals surface area contributed by atoms with E-state index >= 15 is 0 Å². The molecule has 1 saturated heterocycles. The lowest BCUT2D eigenvalue weighted by Crippen LogP contribution is -2.36. The minimum atomic E-state index is 0.0227. The van der Waals surface area contributed by atoms with Gasteiger partial charge in [-0.2, -0.15) is 0 Å². The fraction of sp³-hybridized carbons (Fsp3) is 0.571. The number of nitrogens with zero attached hydrogens (tertiary/aromatic N) is 3. The molecule has 3 heterocycles. The molecule has 0 unspecified atom stereocenters. The number of anilines is 1. The molecule has 20 heavy (non-hydrogen) atoms. The molecule has 1 N–H and O–H groups in total. The molecule has 108 valence electrons. The van der Waals surface area contributed by atoms with Crippen LogP contribution in [0.3, 0.4) is 0 Å². The van der Waals surface area contributed by atoms with Crippen molar-refractivity contribution in [3.63, 3.8) is 0 Å². The SMILES string of the molecule is CCCCn1[nH]c2nc(N3CCOCC3)ccc2c1=O. The first-order valence-electron chi connectivity index (χ1n) is 7.22. The van der Waals surface area contributed by atoms with Gasteiger partial charge < -0.3 is 9.64 Å². The zero-order valence-electron chi connectivity index (χ0n) is 11.8. The van der Waals surface area contributed by atoms with Gasteiger partial charge in [-0.15, -0.1) is 0 Å². The number of nitrogens with one attached hydrogen (secondary N) is 1. The van der Waals surface area contributed by atoms with E-state index in [0.717, 1.165) is 51.5 Å². The number of fused-ring (bicyclic) bond motifs is 1. The van der Waals surface area contributed by atoms with Gasteiger partial charge in [0, 0.05) is 19.6 Å². The summed E-state index contributed by atoms with van der Waals surface area (Å²) in [4.78, 5) is 18.9. The van der Waals surface area contributed by atoms with Gasteiger partial charge in [-0.1, -0.05) is 13.3 Å². The molecule has 0 bridgehead atoms. The van der Waals surface area contributed by atoms with Gasteiger partial charge in [0.25, 0.3) is 5.56 Å². The molecule has 0 aliphatic carbocycles. The van der Waals surface area contributed by atoms with Crippen molar-refractivity contribution in [2.75, 3.05) is 31.2 Å². The van der Waals surface area contributed by atoms with E-state index in [1.54, 1.807) is 4.68 Å². The van der Waals surface area contributed by atoms with Gasteiger partial charge in [0.2, 0.25) is 0 Å². The van der Waals surface area contributed by atoms with Crippen molar-refractivity contribution in [3.05, 3.63) is 22.5 Å². The predicted molar refractivity (Wildman–Crippen MR) is 78.3 cm³/mol. The molecule has 0 atom stereocenters. The van der Waals surface area contributed by atoms with Crippen LogP contribution in [-0.4, -0.2) is 41.1 Å². The highest BCUT2D eigenvalue weighted by atomic mass is 16.5. The summed E-state index contributed by atoms with van der Waals surface area (Å²) in [6.45, 7) is 5.99. The quantitative estimate of drug-likeness (QED) is 0.916. The summed E-state index contributed by atoms with van der Waals surface area (Å²) in [6.07, 6.45) is 2.05. The van der Waals surface area contributed by atoms with Gasteiger partial charge in [0.1, 0.15) is 5.82 Å². The summed E-state index contributed by atoms with van der Waals surface area (Å²) in [5.74, 6) is 0.907. The van der Waals surface area contributed by atoms with E-state index in [4.69, 9.17) is 4.74 Å². The Balaban J connectivity index is 1.92. The Morgan fingerprint density at radius 2 is 2.15 bits per heavy atom. The number of H-pyrrole nitrogens is 1. The minimum absolute atomic E-state index is 0.0227. The van der Waals surface area contributed by atoms with E-state index in [-0.39, 0.29) is 5.56 Å². The summed E-state index contributed by atoms with van der Waals surface area (Å²) in [7, 11) is 0. The molecule has 0 saturated carbocycles. The number of aromatic amines is 1. The first-order chi connectivity index (χ1) is 9.79. The zero-order valence-corrected chi connectivity index (χ0v) is 11.8. The van der Waals surface area contributed by atoms with Crippen LogP contribution in [0, 0.1) is 0 Å². The molecule has 2 aromatic heterocycles. The van der Waals surface area contributed by atoms with E-state index < -0.39 is 0 Å². The molecular weight excluding hydrogens is 256 g/mol. The third-order valence-corrected chi connectivity index (χ3v) is 3.67. The summed E-state index contributed by atoms with van der Waals surface area (Å²) in [5.41, 5.74) is 0.699. The first kappa shape index (κ1) is 13.2. The number of pyridine rings is 1. The van der Waals surface area contributed by atoms with Crippen LogP contribution < -0.4 is 10.5 Å². The molecular formula is C14H20N4O2. The molecule has 3 rings (SSSR count). The third-order valence-electron chi connectivity index (χ3n) is 3.67. The van der Waals surface area contributed by atoms with Crippen LogP contribution in [0.15, 0.2) is 16.9 Å². The van der Waals surface area contributed by atoms with Crippen molar-refractivity contribution >= 4 is 16.9 Å². The molecule has 0 spiro atoms. The second-order valence-corrected chi connectivity index (χ2v) is 5.09. The van der Waals surface area contributed by atoms with Crippen LogP contribution in [0.5, 0.6) is 0 Å². The van der Waals surface area contributed by atoms with E-state index in [1.807, 2.05) is 12.1 Å². The van der Waals surface area contributed by atoms with Crippen LogP contribution in [0.25, 0.3) is 11.0 Å². The third kappa shape index (κ3) is 2.43. The highest BCUT2D eigenvalue weighted by Crippen LogP contribution is 2.16. The Hall–Kier alpha value is -1.82. The number of rotatable bonds is 4. The van der Waals surface area contributed by atoms with Crippen LogP contribution in [-0.2, 0) is 11.3 Å². The standard InChI is InChI=1S/C14H20N4O2/c1-2-3-6-18-14(19)11-4-5-12(15-13(11)16-18)17-7-9-20-10-8-17/h4-5H,2-3,6-10H2,1H3,(H,15,16). The molecule has 1 aliphatic heterocycles. The van der Waals surface area contributed by atoms with E-state index in [2.05, 4.69) is 21.9 Å². The van der Waals surface area contributed by atoms with Crippen molar-refractivity contribution in [1.29, 1.82) is 0 Å². The lowest BCUT2D eigenvalue weighted by atomic mass is 10.3. The lowest BCUT2D eigenvalue weighted by Gasteiger charge is -2.27. The minimum Gasteiger partial charge on any atom is -0.378 e. The second kappa shape index (κ2) is 5.66. The highest BCUT2D eigenvalue weighted by molar-refractivity contribution is 5.76. The maximum atomic E-state index is 12.2. The summed E-state index contributed by atoms with van der Waals surface area (Å²) >= 11 is 0. The highest BCUT2D eigenvalue weighted by Gasteiger charge is 2.14. The van der Waals surface area contributed by atoms with Crippen LogP contribution in [0.1, 0.15) is 19.8 Å². The Morgan fingerprint density at radius 1 is 1.35 bits per heavy atom. The van der Waals surface area contributed by atoms with Crippen molar-refractivity contribution in [1.82, 2.24) is 14.8 Å². The number of hydrogen-bond donors (Lipinski definition) is 1. The van der Waals surface area contributed by atoms with Gasteiger partial charge in [-0.05, 0) is 18.6 Å². The molecule has 0 amide bonds. The van der Waals surface area contributed by atoms with Crippen molar-refractivity contribution < 1.29 is 4.74 Å². The van der Waals surface area contributed by atoms with Crippen LogP contribution >= 0.6 is 0 Å². The Morgan fingerprint density at radius 3 is 2.90 bits per heavy atom. The summed E-state index contributed by atoms with van der Waals surface area (Å²) in [5, 5.41) is 3.78. The molecule has 0 aromatic carbocycles. The van der Waals surface area contributed by atoms with Gasteiger partial charge in [-0.25, -0.2) is 4.98 Å². The van der Waals surface area contributed by atoms with Gasteiger partial charge >= 0.3 is 0 Å². The normalized spacial score (nSPS) is 15.9. The monoisotopic (exact) mass is 276 g/mol. The number of aromatic nitrogens is 3. The average molecular weight is 276 g/mol. The van der Waals surface area contributed by atoms with E-state index in [9.17, 15) is 4.79 Å². The molecule has 6 nitrogen and oxygen atoms in total. The summed E-state index contributed by atoms with van der Waals surface area (Å²) in [6, 6.07) is 3.79. The lowest BCUT2D eigenvalue weighted by molar-refractivity contribution is 0.122. The van der Waals surface area contributed by atoms with E-state index in [1.165, 1.54) is 0 Å². The average Bonchev–Trinajstić information content (AvgIpc) is 2.82. The smallest absolute Gasteiger partial charge is 0.276 e. The van der Waals surface area contributed by atoms with Gasteiger partial charge in [-0.3, -0.25) is 14.6 Å². The largest absolute Gasteiger partial charge is 0.378 e. The van der Waals surface area contributed by atoms with Crippen LogP contribution in [0.2, 0.25) is 0 Å². The van der Waals surface area contributed by atoms with Gasteiger partial charge in [0.15, 0.2) is 5.65 Å². The Labute approximate surface area is 117 Å². The zero-order chi connectivity index (χ0) is 13.9. The number of aryl methyl sites for hydroxylation is 1. The predicted octanol–water partition coefficient (Wildman–Crippen LogP) is 1.36. The molecule has 0 radical (unpaired) electrons. The number of unbranched alkanes of at least 4 members (excludes halogenated alkanes) is 1. The van der Waals surface area contributed by atoms with Crippen LogP contribution in [0.4, 0.5) is 5.82 Å². The van der Waals surface area contributed by atoms with Crippen molar-refractivity contribution in [2.45, 2.75) is 26.3 Å². The molecule has 2 aromatic rings. The van der Waals surface area contributed by atoms with Gasteiger partial charge in [0.05, 0.1) is 18.6 Å². The number of morpholine rings is 1. The fourth-order valence-electron chi connectivity index (χ4n) is 2.47.